The van der Waals surface area contributed by atoms with Gasteiger partial charge in [-0.2, -0.15) is 0 Å². The van der Waals surface area contributed by atoms with E-state index in [-0.39, 0.29) is 5.82 Å². The van der Waals surface area contributed by atoms with Gasteiger partial charge < -0.3 is 4.90 Å². The van der Waals surface area contributed by atoms with Gasteiger partial charge in [0, 0.05) is 40.4 Å². The molecule has 1 unspecified atom stereocenters. The summed E-state index contributed by atoms with van der Waals surface area (Å²) in [6.45, 7) is 0.842. The Kier molecular flexibility index (Phi) is 3.58. The molecule has 0 N–H and O–H groups in total. The van der Waals surface area contributed by atoms with E-state index in [9.17, 15) is 13.2 Å². The van der Waals surface area contributed by atoms with Gasteiger partial charge in [0.05, 0.1) is 0 Å². The molecule has 0 saturated carbocycles. The lowest BCUT2D eigenvalue weighted by atomic mass is 10.1. The molecule has 3 rings (SSSR count). The predicted molar refractivity (Wildman–Crippen MR) is 75.7 cm³/mol. The van der Waals surface area contributed by atoms with Crippen LogP contribution in [0.4, 0.5) is 19.0 Å². The molecule has 1 aromatic heterocycles. The molecule has 1 saturated heterocycles. The van der Waals surface area contributed by atoms with Crippen molar-refractivity contribution in [2.45, 2.75) is 12.8 Å². The first-order valence-electron chi connectivity index (χ1n) is 6.33. The van der Waals surface area contributed by atoms with Gasteiger partial charge in [-0.3, -0.25) is 0 Å². The highest BCUT2D eigenvalue weighted by atomic mass is 79.9. The van der Waals surface area contributed by atoms with E-state index in [0.29, 0.717) is 35.2 Å². The standard InChI is InChI=1S/C14H12BrF3N2/c15-12-6-19-14(10-2-1-9(16)5-11(10)12)20-4-3-8(7-20)13(17)18/h1-2,5-6,8,13H,3-4,7H2. The van der Waals surface area contributed by atoms with Gasteiger partial charge in [-0.25, -0.2) is 18.2 Å². The molecule has 2 aromatic rings. The quantitative estimate of drug-likeness (QED) is 0.810. The lowest BCUT2D eigenvalue weighted by Gasteiger charge is -2.19. The second-order valence-electron chi connectivity index (χ2n) is 4.95. The average molecular weight is 345 g/mol. The minimum absolute atomic E-state index is 0.290. The van der Waals surface area contributed by atoms with Crippen molar-refractivity contribution < 1.29 is 13.2 Å². The Morgan fingerprint density at radius 1 is 1.30 bits per heavy atom. The van der Waals surface area contributed by atoms with Crippen LogP contribution in [0, 0.1) is 11.7 Å². The fourth-order valence-electron chi connectivity index (χ4n) is 2.60. The number of hydrogen-bond donors (Lipinski definition) is 0. The van der Waals surface area contributed by atoms with Crippen LogP contribution in [0.3, 0.4) is 0 Å². The third kappa shape index (κ3) is 2.37. The molecule has 1 aliphatic rings. The molecule has 0 radical (unpaired) electrons. The predicted octanol–water partition coefficient (Wildman–Crippen LogP) is 4.23. The Hall–Kier alpha value is -1.30. The van der Waals surface area contributed by atoms with Crippen molar-refractivity contribution in [3.63, 3.8) is 0 Å². The van der Waals surface area contributed by atoms with Crippen LogP contribution >= 0.6 is 15.9 Å². The molecule has 2 nitrogen and oxygen atoms in total. The van der Waals surface area contributed by atoms with Crippen LogP contribution in [0.1, 0.15) is 6.42 Å². The molecule has 1 fully saturated rings. The highest BCUT2D eigenvalue weighted by Gasteiger charge is 2.31. The fraction of sp³-hybridized carbons (Fsp3) is 0.357. The number of halogens is 4. The SMILES string of the molecule is Fc1ccc2c(N3CCC(C(F)F)C3)ncc(Br)c2c1. The second kappa shape index (κ2) is 5.24. The Morgan fingerprint density at radius 3 is 2.80 bits per heavy atom. The molecule has 20 heavy (non-hydrogen) atoms. The molecule has 1 aromatic carbocycles. The number of pyridine rings is 1. The zero-order valence-electron chi connectivity index (χ0n) is 10.5. The normalized spacial score (nSPS) is 19.2. The molecular formula is C14H12BrF3N2. The summed E-state index contributed by atoms with van der Waals surface area (Å²) >= 11 is 3.34. The summed E-state index contributed by atoms with van der Waals surface area (Å²) in [4.78, 5) is 6.17. The monoisotopic (exact) mass is 344 g/mol. The van der Waals surface area contributed by atoms with E-state index >= 15 is 0 Å². The van der Waals surface area contributed by atoms with Crippen molar-refractivity contribution in [2.75, 3.05) is 18.0 Å². The number of fused-ring (bicyclic) bond motifs is 1. The van der Waals surface area contributed by atoms with E-state index in [4.69, 9.17) is 0 Å². The fourth-order valence-corrected chi connectivity index (χ4v) is 3.03. The molecule has 0 bridgehead atoms. The molecule has 6 heteroatoms. The third-order valence-corrected chi connectivity index (χ3v) is 4.29. The first-order chi connectivity index (χ1) is 9.56. The van der Waals surface area contributed by atoms with Gasteiger partial charge in [0.15, 0.2) is 0 Å². The van der Waals surface area contributed by atoms with Gasteiger partial charge in [-0.05, 0) is 40.5 Å². The van der Waals surface area contributed by atoms with Crippen molar-refractivity contribution >= 4 is 32.5 Å². The summed E-state index contributed by atoms with van der Waals surface area (Å²) in [6.07, 6.45) is -0.260. The van der Waals surface area contributed by atoms with E-state index in [1.54, 1.807) is 12.3 Å². The molecule has 1 aliphatic heterocycles. The molecule has 2 heterocycles. The van der Waals surface area contributed by atoms with Crippen LogP contribution in [0.5, 0.6) is 0 Å². The first kappa shape index (κ1) is 13.7. The Bertz CT molecular complexity index is 648. The number of benzene rings is 1. The molecule has 0 aliphatic carbocycles. The van der Waals surface area contributed by atoms with Crippen LogP contribution in [0.2, 0.25) is 0 Å². The number of alkyl halides is 2. The zero-order valence-corrected chi connectivity index (χ0v) is 12.1. The molecule has 1 atom stereocenters. The van der Waals surface area contributed by atoms with E-state index in [1.165, 1.54) is 12.1 Å². The summed E-state index contributed by atoms with van der Waals surface area (Å²) in [5, 5.41) is 1.48. The number of rotatable bonds is 2. The van der Waals surface area contributed by atoms with E-state index in [2.05, 4.69) is 20.9 Å². The number of aromatic nitrogens is 1. The topological polar surface area (TPSA) is 16.1 Å². The minimum atomic E-state index is -2.31. The van der Waals surface area contributed by atoms with Gasteiger partial charge in [0.25, 0.3) is 0 Å². The van der Waals surface area contributed by atoms with E-state index in [0.717, 1.165) is 5.39 Å². The molecule has 106 valence electrons. The molecule has 0 spiro atoms. The second-order valence-corrected chi connectivity index (χ2v) is 5.80. The van der Waals surface area contributed by atoms with E-state index in [1.807, 2.05) is 4.90 Å². The number of anilines is 1. The van der Waals surface area contributed by atoms with Crippen molar-refractivity contribution in [2.24, 2.45) is 5.92 Å². The average Bonchev–Trinajstić information content (AvgIpc) is 2.89. The summed E-state index contributed by atoms with van der Waals surface area (Å²) in [6, 6.07) is 4.43. The third-order valence-electron chi connectivity index (χ3n) is 3.66. The van der Waals surface area contributed by atoms with Crippen LogP contribution in [-0.2, 0) is 0 Å². The smallest absolute Gasteiger partial charge is 0.243 e. The van der Waals surface area contributed by atoms with Crippen LogP contribution < -0.4 is 4.90 Å². The van der Waals surface area contributed by atoms with Gasteiger partial charge in [-0.15, -0.1) is 0 Å². The highest BCUT2D eigenvalue weighted by molar-refractivity contribution is 9.10. The maximum Gasteiger partial charge on any atom is 0.243 e. The Balaban J connectivity index is 2.03. The first-order valence-corrected chi connectivity index (χ1v) is 7.12. The zero-order chi connectivity index (χ0) is 14.3. The molecular weight excluding hydrogens is 333 g/mol. The summed E-state index contributed by atoms with van der Waals surface area (Å²) < 4.78 is 39.5. The van der Waals surface area contributed by atoms with Crippen LogP contribution in [0.15, 0.2) is 28.9 Å². The van der Waals surface area contributed by atoms with Crippen molar-refractivity contribution in [3.05, 3.63) is 34.7 Å². The minimum Gasteiger partial charge on any atom is -0.356 e. The van der Waals surface area contributed by atoms with Crippen LogP contribution in [0.25, 0.3) is 10.8 Å². The summed E-state index contributed by atoms with van der Waals surface area (Å²) in [5.74, 6) is -0.301. The number of nitrogens with zero attached hydrogens (tertiary/aromatic N) is 2. The number of hydrogen-bond acceptors (Lipinski definition) is 2. The Labute approximate surface area is 122 Å². The van der Waals surface area contributed by atoms with Gasteiger partial charge in [0.2, 0.25) is 6.43 Å². The lowest BCUT2D eigenvalue weighted by molar-refractivity contribution is 0.0880. The van der Waals surface area contributed by atoms with Gasteiger partial charge >= 0.3 is 0 Å². The van der Waals surface area contributed by atoms with Crippen molar-refractivity contribution in [1.82, 2.24) is 4.98 Å². The van der Waals surface area contributed by atoms with Gasteiger partial charge in [-0.1, -0.05) is 0 Å². The summed E-state index contributed by atoms with van der Waals surface area (Å²) in [7, 11) is 0. The maximum atomic E-state index is 13.3. The largest absolute Gasteiger partial charge is 0.356 e. The maximum absolute atomic E-state index is 13.3. The van der Waals surface area contributed by atoms with Crippen LogP contribution in [-0.4, -0.2) is 24.5 Å². The highest BCUT2D eigenvalue weighted by Crippen LogP contribution is 2.34. The van der Waals surface area contributed by atoms with Crippen molar-refractivity contribution in [3.8, 4) is 0 Å². The van der Waals surface area contributed by atoms with Gasteiger partial charge in [0.1, 0.15) is 11.6 Å². The molecule has 0 amide bonds. The Morgan fingerprint density at radius 2 is 2.10 bits per heavy atom. The van der Waals surface area contributed by atoms with E-state index < -0.39 is 12.3 Å². The summed E-state index contributed by atoms with van der Waals surface area (Å²) in [5.41, 5.74) is 0. The lowest BCUT2D eigenvalue weighted by Crippen LogP contribution is -2.23. The van der Waals surface area contributed by atoms with Crippen molar-refractivity contribution in [1.29, 1.82) is 0 Å².